The summed E-state index contributed by atoms with van der Waals surface area (Å²) in [5, 5.41) is 6.27. The van der Waals surface area contributed by atoms with Crippen LogP contribution < -0.4 is 20.1 Å². The van der Waals surface area contributed by atoms with E-state index >= 15 is 0 Å². The van der Waals surface area contributed by atoms with Crippen molar-refractivity contribution in [3.8, 4) is 11.5 Å². The Bertz CT molecular complexity index is 1150. The van der Waals surface area contributed by atoms with Crippen molar-refractivity contribution in [1.82, 2.24) is 5.01 Å². The molecule has 0 aliphatic carbocycles. The van der Waals surface area contributed by atoms with Crippen LogP contribution in [0.2, 0.25) is 0 Å². The molecule has 0 saturated carbocycles. The van der Waals surface area contributed by atoms with Gasteiger partial charge in [0.2, 0.25) is 11.8 Å². The first-order valence-electron chi connectivity index (χ1n) is 13.1. The highest BCUT2D eigenvalue weighted by Crippen LogP contribution is 2.31. The average Bonchev–Trinajstić information content (AvgIpc) is 2.89. The van der Waals surface area contributed by atoms with Crippen molar-refractivity contribution in [3.05, 3.63) is 53.6 Å². The molecule has 2 aromatic rings. The first-order chi connectivity index (χ1) is 17.7. The summed E-state index contributed by atoms with van der Waals surface area (Å²) in [6, 6.07) is 14.1. The zero-order chi connectivity index (χ0) is 26.5. The van der Waals surface area contributed by atoms with E-state index in [-0.39, 0.29) is 29.8 Å². The van der Waals surface area contributed by atoms with Gasteiger partial charge in [0, 0.05) is 43.1 Å². The molecule has 2 aromatic carbocycles. The van der Waals surface area contributed by atoms with Crippen molar-refractivity contribution in [3.63, 3.8) is 0 Å². The van der Waals surface area contributed by atoms with Gasteiger partial charge in [0.15, 0.2) is 11.5 Å². The number of piperidine rings is 1. The molecule has 0 spiro atoms. The number of hydrogen-bond donors (Lipinski definition) is 1. The zero-order valence-electron chi connectivity index (χ0n) is 22.3. The number of carbonyl (C=O) groups excluding carboxylic acids is 2. The Labute approximate surface area is 219 Å². The summed E-state index contributed by atoms with van der Waals surface area (Å²) in [5.74, 6) is 1.27. The molecular formula is C29H38N4O4. The molecular weight excluding hydrogens is 468 g/mol. The molecule has 1 saturated heterocycles. The SMILES string of the molecule is COc1ccc(C2=NN(Cc3ccc(N4CCCC(C(C)C(N)=O)C4)cc3)C(=O)CC2)cc1OC(C)C. The van der Waals surface area contributed by atoms with Gasteiger partial charge < -0.3 is 20.1 Å². The van der Waals surface area contributed by atoms with Crippen LogP contribution in [0.25, 0.3) is 0 Å². The van der Waals surface area contributed by atoms with Gasteiger partial charge in [-0.05, 0) is 68.5 Å². The van der Waals surface area contributed by atoms with E-state index in [0.29, 0.717) is 30.9 Å². The first kappa shape index (κ1) is 26.5. The molecule has 2 aliphatic heterocycles. The van der Waals surface area contributed by atoms with Crippen molar-refractivity contribution >= 4 is 23.2 Å². The summed E-state index contributed by atoms with van der Waals surface area (Å²) in [6.07, 6.45) is 3.08. The Morgan fingerprint density at radius 2 is 1.86 bits per heavy atom. The fourth-order valence-electron chi connectivity index (χ4n) is 5.00. The molecule has 0 radical (unpaired) electrons. The number of nitrogens with zero attached hydrogens (tertiary/aromatic N) is 3. The van der Waals surface area contributed by atoms with Crippen LogP contribution in [0.5, 0.6) is 11.5 Å². The number of hydrogen-bond acceptors (Lipinski definition) is 6. The topological polar surface area (TPSA) is 97.5 Å². The third-order valence-electron chi connectivity index (χ3n) is 7.21. The summed E-state index contributed by atoms with van der Waals surface area (Å²) >= 11 is 0. The van der Waals surface area contributed by atoms with Gasteiger partial charge in [-0.3, -0.25) is 9.59 Å². The number of carbonyl (C=O) groups is 2. The van der Waals surface area contributed by atoms with Crippen molar-refractivity contribution in [2.75, 3.05) is 25.1 Å². The zero-order valence-corrected chi connectivity index (χ0v) is 22.3. The minimum Gasteiger partial charge on any atom is -0.493 e. The molecule has 8 heteroatoms. The van der Waals surface area contributed by atoms with E-state index in [1.54, 1.807) is 12.1 Å². The van der Waals surface area contributed by atoms with E-state index in [1.165, 1.54) is 0 Å². The number of nitrogens with two attached hydrogens (primary N) is 1. The maximum Gasteiger partial charge on any atom is 0.243 e. The molecule has 2 N–H and O–H groups in total. The second kappa shape index (κ2) is 11.7. The summed E-state index contributed by atoms with van der Waals surface area (Å²) in [5.41, 5.74) is 9.46. The molecule has 4 rings (SSSR count). The molecule has 8 nitrogen and oxygen atoms in total. The second-order valence-corrected chi connectivity index (χ2v) is 10.2. The third kappa shape index (κ3) is 6.42. The predicted octanol–water partition coefficient (Wildman–Crippen LogP) is 4.35. The Morgan fingerprint density at radius 3 is 2.54 bits per heavy atom. The minimum absolute atomic E-state index is 0.0132. The smallest absolute Gasteiger partial charge is 0.243 e. The second-order valence-electron chi connectivity index (χ2n) is 10.2. The van der Waals surface area contributed by atoms with Crippen molar-refractivity contribution in [2.24, 2.45) is 22.7 Å². The van der Waals surface area contributed by atoms with Crippen LogP contribution in [0, 0.1) is 11.8 Å². The van der Waals surface area contributed by atoms with Crippen LogP contribution in [-0.2, 0) is 16.1 Å². The van der Waals surface area contributed by atoms with Crippen LogP contribution in [0.15, 0.2) is 47.6 Å². The highest BCUT2D eigenvalue weighted by molar-refractivity contribution is 6.04. The fraction of sp³-hybridized carbons (Fsp3) is 0.483. The summed E-state index contributed by atoms with van der Waals surface area (Å²) in [4.78, 5) is 26.7. The minimum atomic E-state index is -0.230. The Balaban J connectivity index is 1.46. The molecule has 2 heterocycles. The van der Waals surface area contributed by atoms with Crippen LogP contribution in [0.4, 0.5) is 5.69 Å². The van der Waals surface area contributed by atoms with Gasteiger partial charge in [-0.2, -0.15) is 5.10 Å². The molecule has 2 aliphatic rings. The van der Waals surface area contributed by atoms with Gasteiger partial charge >= 0.3 is 0 Å². The lowest BCUT2D eigenvalue weighted by molar-refractivity contribution is -0.132. The number of rotatable bonds is 9. The summed E-state index contributed by atoms with van der Waals surface area (Å²) in [7, 11) is 1.62. The lowest BCUT2D eigenvalue weighted by Gasteiger charge is -2.36. The summed E-state index contributed by atoms with van der Waals surface area (Å²) in [6.45, 7) is 8.07. The van der Waals surface area contributed by atoms with E-state index < -0.39 is 0 Å². The molecule has 1 fully saturated rings. The van der Waals surface area contributed by atoms with Gasteiger partial charge in [0.1, 0.15) is 0 Å². The largest absolute Gasteiger partial charge is 0.493 e. The summed E-state index contributed by atoms with van der Waals surface area (Å²) < 4.78 is 11.3. The van der Waals surface area contributed by atoms with Crippen LogP contribution in [-0.4, -0.2) is 48.8 Å². The monoisotopic (exact) mass is 506 g/mol. The number of anilines is 1. The number of ether oxygens (including phenoxy) is 2. The van der Waals surface area contributed by atoms with E-state index in [2.05, 4.69) is 29.2 Å². The van der Waals surface area contributed by atoms with Gasteiger partial charge in [0.25, 0.3) is 0 Å². The fourth-order valence-corrected chi connectivity index (χ4v) is 5.00. The number of benzene rings is 2. The van der Waals surface area contributed by atoms with Crippen molar-refractivity contribution in [2.45, 2.75) is 59.1 Å². The van der Waals surface area contributed by atoms with Crippen LogP contribution in [0.1, 0.15) is 57.6 Å². The molecule has 0 aromatic heterocycles. The maximum atomic E-state index is 12.7. The Morgan fingerprint density at radius 1 is 1.11 bits per heavy atom. The molecule has 37 heavy (non-hydrogen) atoms. The number of methoxy groups -OCH3 is 1. The molecule has 2 amide bonds. The molecule has 198 valence electrons. The lowest BCUT2D eigenvalue weighted by atomic mass is 9.86. The normalized spacial score (nSPS) is 19.0. The van der Waals surface area contributed by atoms with Gasteiger partial charge in [-0.1, -0.05) is 19.1 Å². The van der Waals surface area contributed by atoms with E-state index in [4.69, 9.17) is 20.3 Å². The standard InChI is InChI=1S/C29H38N4O4/c1-19(2)37-27-16-22(9-13-26(27)36-4)25-12-14-28(34)33(31-25)17-21-7-10-24(11-8-21)32-15-5-6-23(18-32)20(3)29(30)35/h7-11,13,16,19-20,23H,5-6,12,14-15,17-18H2,1-4H3,(H2,30,35). The lowest BCUT2D eigenvalue weighted by Crippen LogP contribution is -2.41. The highest BCUT2D eigenvalue weighted by Gasteiger charge is 2.28. The number of amides is 2. The maximum absolute atomic E-state index is 12.7. The van der Waals surface area contributed by atoms with E-state index in [1.807, 2.05) is 39.0 Å². The molecule has 0 bridgehead atoms. The Kier molecular flexibility index (Phi) is 8.36. The molecule has 2 unspecified atom stereocenters. The number of primary amides is 1. The quantitative estimate of drug-likeness (QED) is 0.545. The number of hydrazone groups is 1. The molecule has 2 atom stereocenters. The first-order valence-corrected chi connectivity index (χ1v) is 13.1. The van der Waals surface area contributed by atoms with Crippen LogP contribution >= 0.6 is 0 Å². The van der Waals surface area contributed by atoms with E-state index in [9.17, 15) is 9.59 Å². The van der Waals surface area contributed by atoms with Gasteiger partial charge in [-0.15, -0.1) is 0 Å². The van der Waals surface area contributed by atoms with Gasteiger partial charge in [0.05, 0.1) is 25.5 Å². The van der Waals surface area contributed by atoms with Gasteiger partial charge in [-0.25, -0.2) is 5.01 Å². The predicted molar refractivity (Wildman–Crippen MR) is 145 cm³/mol. The van der Waals surface area contributed by atoms with Crippen LogP contribution in [0.3, 0.4) is 0 Å². The van der Waals surface area contributed by atoms with Crippen molar-refractivity contribution in [1.29, 1.82) is 0 Å². The average molecular weight is 507 g/mol. The highest BCUT2D eigenvalue weighted by atomic mass is 16.5. The Hall–Kier alpha value is -3.55. The van der Waals surface area contributed by atoms with E-state index in [0.717, 1.165) is 48.5 Å². The van der Waals surface area contributed by atoms with Crippen molar-refractivity contribution < 1.29 is 19.1 Å². The third-order valence-corrected chi connectivity index (χ3v) is 7.21.